The van der Waals surface area contributed by atoms with Gasteiger partial charge in [0.25, 0.3) is 0 Å². The van der Waals surface area contributed by atoms with Gasteiger partial charge in [-0.05, 0) is 17.5 Å². The molecule has 1 aromatic rings. The van der Waals surface area contributed by atoms with Crippen LogP contribution in [0.15, 0.2) is 36.4 Å². The predicted molar refractivity (Wildman–Crippen MR) is 69.5 cm³/mol. The van der Waals surface area contributed by atoms with E-state index in [9.17, 15) is 0 Å². The lowest BCUT2D eigenvalue weighted by molar-refractivity contribution is 0.0312. The molecule has 2 aliphatic carbocycles. The number of fused-ring (bicyclic) bond motifs is 5. The van der Waals surface area contributed by atoms with Gasteiger partial charge in [-0.2, -0.15) is 0 Å². The summed E-state index contributed by atoms with van der Waals surface area (Å²) < 4.78 is 6.88. The van der Waals surface area contributed by atoms with Crippen LogP contribution < -0.4 is 0 Å². The summed E-state index contributed by atoms with van der Waals surface area (Å²) in [6.45, 7) is 0. The molecule has 3 rings (SSSR count). The Hall–Kier alpha value is -0.350. The highest BCUT2D eigenvalue weighted by molar-refractivity contribution is 14.1. The number of ether oxygens (including phenoxy) is 1. The van der Waals surface area contributed by atoms with E-state index in [1.807, 2.05) is 7.11 Å². The first-order valence-corrected chi connectivity index (χ1v) is 6.70. The van der Waals surface area contributed by atoms with Crippen molar-refractivity contribution in [2.75, 3.05) is 11.5 Å². The lowest BCUT2D eigenvalue weighted by Crippen LogP contribution is -2.22. The summed E-state index contributed by atoms with van der Waals surface area (Å²) in [6, 6.07) is 8.69. The van der Waals surface area contributed by atoms with Crippen LogP contribution >= 0.6 is 22.6 Å². The molecule has 0 aromatic heterocycles. The second kappa shape index (κ2) is 3.08. The number of halogens is 1. The molecule has 15 heavy (non-hydrogen) atoms. The molecule has 2 unspecified atom stereocenters. The molecule has 0 amide bonds. The minimum Gasteiger partial charge on any atom is -0.369 e. The Kier molecular flexibility index (Phi) is 2.02. The van der Waals surface area contributed by atoms with Crippen LogP contribution in [0.1, 0.15) is 17.5 Å². The zero-order chi connectivity index (χ0) is 10.5. The van der Waals surface area contributed by atoms with E-state index in [-0.39, 0.29) is 11.0 Å². The molecule has 2 bridgehead atoms. The van der Waals surface area contributed by atoms with E-state index in [1.54, 1.807) is 0 Å². The van der Waals surface area contributed by atoms with Gasteiger partial charge in [-0.3, -0.25) is 0 Å². The van der Waals surface area contributed by atoms with Gasteiger partial charge in [-0.1, -0.05) is 59.0 Å². The summed E-state index contributed by atoms with van der Waals surface area (Å²) in [5.74, 6) is 0. The van der Waals surface area contributed by atoms with Crippen molar-refractivity contribution in [3.63, 3.8) is 0 Å². The highest BCUT2D eigenvalue weighted by Crippen LogP contribution is 2.57. The molecule has 2 aliphatic rings. The Morgan fingerprint density at radius 1 is 1.27 bits per heavy atom. The van der Waals surface area contributed by atoms with Crippen LogP contribution in [0.5, 0.6) is 0 Å². The fraction of sp³-hybridized carbons (Fsp3) is 0.385. The van der Waals surface area contributed by atoms with Gasteiger partial charge >= 0.3 is 0 Å². The van der Waals surface area contributed by atoms with E-state index in [4.69, 9.17) is 4.74 Å². The lowest BCUT2D eigenvalue weighted by atomic mass is 9.85. The molecular weight excluding hydrogens is 299 g/mol. The van der Waals surface area contributed by atoms with E-state index in [2.05, 4.69) is 59.0 Å². The predicted octanol–water partition coefficient (Wildman–Crippen LogP) is 3.17. The van der Waals surface area contributed by atoms with E-state index < -0.39 is 0 Å². The van der Waals surface area contributed by atoms with Crippen molar-refractivity contribution in [3.05, 3.63) is 47.5 Å². The minimum absolute atomic E-state index is 0.137. The van der Waals surface area contributed by atoms with E-state index >= 15 is 0 Å². The molecule has 0 radical (unpaired) electrons. The molecule has 0 aliphatic heterocycles. The maximum absolute atomic E-state index is 5.75. The molecule has 0 spiro atoms. The second-order valence-corrected chi connectivity index (χ2v) is 5.20. The van der Waals surface area contributed by atoms with Crippen LogP contribution in [0.2, 0.25) is 0 Å². The first-order chi connectivity index (χ1) is 7.26. The molecular formula is C13H13IO. The van der Waals surface area contributed by atoms with E-state index in [0.717, 1.165) is 10.8 Å². The average molecular weight is 312 g/mol. The lowest BCUT2D eigenvalue weighted by Gasteiger charge is -2.24. The average Bonchev–Trinajstić information content (AvgIpc) is 2.83. The number of methoxy groups -OCH3 is 1. The van der Waals surface area contributed by atoms with Gasteiger partial charge in [0.15, 0.2) is 0 Å². The molecule has 1 aromatic carbocycles. The van der Waals surface area contributed by atoms with Crippen molar-refractivity contribution in [2.45, 2.75) is 17.4 Å². The Balaban J connectivity index is 2.26. The second-order valence-electron chi connectivity index (χ2n) is 4.44. The van der Waals surface area contributed by atoms with Crippen LogP contribution in [0, 0.1) is 0 Å². The van der Waals surface area contributed by atoms with Gasteiger partial charge in [-0.15, -0.1) is 0 Å². The van der Waals surface area contributed by atoms with Crippen molar-refractivity contribution in [2.24, 2.45) is 0 Å². The first-order valence-electron chi connectivity index (χ1n) is 5.18. The number of alkyl halides is 1. The fourth-order valence-electron chi connectivity index (χ4n) is 2.95. The summed E-state index contributed by atoms with van der Waals surface area (Å²) >= 11 is 2.48. The van der Waals surface area contributed by atoms with Gasteiger partial charge in [0.05, 0.1) is 0 Å². The molecule has 0 saturated carbocycles. The summed E-state index contributed by atoms with van der Waals surface area (Å²) in [5.41, 5.74) is 2.92. The number of allylic oxidation sites excluding steroid dienone is 1. The number of hydrogen-bond donors (Lipinski definition) is 0. The van der Waals surface area contributed by atoms with Crippen LogP contribution in [0.4, 0.5) is 0 Å². The van der Waals surface area contributed by atoms with Crippen molar-refractivity contribution < 1.29 is 4.74 Å². The highest BCUT2D eigenvalue weighted by atomic mass is 127. The Morgan fingerprint density at radius 2 is 2.00 bits per heavy atom. The number of benzene rings is 1. The standard InChI is InChI=1S/C13H13IO/c1-15-13-7-6-12(8-13,9-14)10-4-2-3-5-11(10)13/h2-7H,8-9H2,1H3. The van der Waals surface area contributed by atoms with E-state index in [0.29, 0.717) is 0 Å². The maximum atomic E-state index is 5.75. The molecule has 2 heteroatoms. The van der Waals surface area contributed by atoms with Crippen molar-refractivity contribution >= 4 is 22.6 Å². The summed E-state index contributed by atoms with van der Waals surface area (Å²) in [7, 11) is 1.82. The molecule has 0 fully saturated rings. The van der Waals surface area contributed by atoms with Crippen molar-refractivity contribution in [1.82, 2.24) is 0 Å². The first kappa shape index (κ1) is 9.85. The Labute approximate surface area is 104 Å². The quantitative estimate of drug-likeness (QED) is 0.463. The Bertz CT molecular complexity index is 401. The molecule has 0 saturated heterocycles. The van der Waals surface area contributed by atoms with Gasteiger partial charge < -0.3 is 4.74 Å². The number of hydrogen-bond acceptors (Lipinski definition) is 1. The maximum Gasteiger partial charge on any atom is 0.112 e. The van der Waals surface area contributed by atoms with Crippen molar-refractivity contribution in [1.29, 1.82) is 0 Å². The van der Waals surface area contributed by atoms with Crippen LogP contribution in [0.3, 0.4) is 0 Å². The van der Waals surface area contributed by atoms with Crippen LogP contribution in [0.25, 0.3) is 0 Å². The van der Waals surface area contributed by atoms with Crippen LogP contribution in [-0.2, 0) is 15.8 Å². The molecule has 2 atom stereocenters. The molecule has 78 valence electrons. The highest BCUT2D eigenvalue weighted by Gasteiger charge is 2.53. The van der Waals surface area contributed by atoms with Gasteiger partial charge in [-0.25, -0.2) is 0 Å². The third-order valence-corrected chi connectivity index (χ3v) is 5.13. The largest absolute Gasteiger partial charge is 0.369 e. The van der Waals surface area contributed by atoms with Crippen molar-refractivity contribution in [3.8, 4) is 0 Å². The summed E-state index contributed by atoms with van der Waals surface area (Å²) in [5, 5.41) is 0. The minimum atomic E-state index is -0.137. The van der Waals surface area contributed by atoms with Gasteiger partial charge in [0, 0.05) is 17.0 Å². The zero-order valence-electron chi connectivity index (χ0n) is 8.66. The van der Waals surface area contributed by atoms with Gasteiger partial charge in [0.1, 0.15) is 5.60 Å². The van der Waals surface area contributed by atoms with Crippen LogP contribution in [-0.4, -0.2) is 11.5 Å². The number of rotatable bonds is 2. The zero-order valence-corrected chi connectivity index (χ0v) is 10.8. The molecule has 0 N–H and O–H groups in total. The third kappa shape index (κ3) is 1.07. The molecule has 0 heterocycles. The SMILES string of the molecule is COC12C=CC(CI)(C1)c1ccccc12. The topological polar surface area (TPSA) is 9.23 Å². The normalized spacial score (nSPS) is 35.9. The smallest absolute Gasteiger partial charge is 0.112 e. The third-order valence-electron chi connectivity index (χ3n) is 3.77. The van der Waals surface area contributed by atoms with Gasteiger partial charge in [0.2, 0.25) is 0 Å². The fourth-order valence-corrected chi connectivity index (χ4v) is 3.89. The molecule has 1 nitrogen and oxygen atoms in total. The summed E-state index contributed by atoms with van der Waals surface area (Å²) in [4.78, 5) is 0. The summed E-state index contributed by atoms with van der Waals surface area (Å²) in [6.07, 6.45) is 5.66. The Morgan fingerprint density at radius 3 is 2.67 bits per heavy atom. The monoisotopic (exact) mass is 312 g/mol. The van der Waals surface area contributed by atoms with E-state index in [1.165, 1.54) is 11.1 Å².